The molecule has 0 aromatic heterocycles. The molecule has 0 amide bonds. The molecule has 1 saturated heterocycles. The van der Waals surface area contributed by atoms with Crippen LogP contribution in [-0.4, -0.2) is 49.0 Å². The lowest BCUT2D eigenvalue weighted by Gasteiger charge is -2.29. The molecule has 1 heterocycles. The number of benzene rings is 1. The third-order valence-electron chi connectivity index (χ3n) is 4.07. The lowest BCUT2D eigenvalue weighted by molar-refractivity contribution is -0.192. The summed E-state index contributed by atoms with van der Waals surface area (Å²) in [5, 5.41) is 10.3. The minimum atomic E-state index is -5.08. The summed E-state index contributed by atoms with van der Waals surface area (Å²) >= 11 is 0. The first kappa shape index (κ1) is 21.9. The number of nitrogens with one attached hydrogen (secondary N) is 1. The Bertz CT molecular complexity index is 604. The van der Waals surface area contributed by atoms with Gasteiger partial charge in [-0.2, -0.15) is 13.2 Å². The molecule has 0 spiro atoms. The highest BCUT2D eigenvalue weighted by molar-refractivity contribution is 5.77. The Morgan fingerprint density at radius 3 is 2.23 bits per heavy atom. The van der Waals surface area contributed by atoms with Crippen molar-refractivity contribution in [2.45, 2.75) is 38.8 Å². The van der Waals surface area contributed by atoms with Gasteiger partial charge in [0, 0.05) is 19.1 Å². The first-order chi connectivity index (χ1) is 12.0. The molecule has 2 rings (SSSR count). The van der Waals surface area contributed by atoms with E-state index in [1.807, 2.05) is 44.2 Å². The van der Waals surface area contributed by atoms with Gasteiger partial charge < -0.3 is 19.9 Å². The van der Waals surface area contributed by atoms with Crippen molar-refractivity contribution >= 4 is 11.9 Å². The average Bonchev–Trinajstić information content (AvgIpc) is 2.87. The normalized spacial score (nSPS) is 21.5. The third-order valence-corrected chi connectivity index (χ3v) is 4.07. The third kappa shape index (κ3) is 5.99. The number of carboxylic acids is 1. The standard InChI is InChI=1S/C15H21NO3.C2HF3O2/c1-15(2)12(18-3)9-16-13(15)14(17)19-10-11-7-5-4-6-8-11;3-2(4,5)1(6)7/h4-8,12-13,16H,9-10H2,1-3H3;(H,6,7)/t12-,13+;/m0./s1. The van der Waals surface area contributed by atoms with Crippen molar-refractivity contribution < 1.29 is 37.3 Å². The van der Waals surface area contributed by atoms with Gasteiger partial charge in [0.2, 0.25) is 0 Å². The van der Waals surface area contributed by atoms with Gasteiger partial charge in [-0.05, 0) is 5.56 Å². The van der Waals surface area contributed by atoms with Crippen LogP contribution in [0.2, 0.25) is 0 Å². The van der Waals surface area contributed by atoms with E-state index in [0.717, 1.165) is 5.56 Å². The zero-order valence-corrected chi connectivity index (χ0v) is 14.7. The van der Waals surface area contributed by atoms with Gasteiger partial charge in [-0.15, -0.1) is 0 Å². The maximum absolute atomic E-state index is 12.2. The van der Waals surface area contributed by atoms with E-state index in [0.29, 0.717) is 13.2 Å². The molecular weight excluding hydrogens is 355 g/mol. The van der Waals surface area contributed by atoms with Gasteiger partial charge in [0.25, 0.3) is 0 Å². The number of hydrogen-bond donors (Lipinski definition) is 2. The molecule has 146 valence electrons. The van der Waals surface area contributed by atoms with Crippen LogP contribution in [0.3, 0.4) is 0 Å². The fourth-order valence-electron chi connectivity index (χ4n) is 2.52. The van der Waals surface area contributed by atoms with Crippen molar-refractivity contribution in [2.24, 2.45) is 5.41 Å². The van der Waals surface area contributed by atoms with Crippen LogP contribution < -0.4 is 5.32 Å². The van der Waals surface area contributed by atoms with Gasteiger partial charge in [0.05, 0.1) is 6.10 Å². The lowest BCUT2D eigenvalue weighted by Crippen LogP contribution is -2.43. The van der Waals surface area contributed by atoms with E-state index in [4.69, 9.17) is 19.4 Å². The first-order valence-electron chi connectivity index (χ1n) is 7.77. The molecule has 0 bridgehead atoms. The Kier molecular flexibility index (Phi) is 7.58. The monoisotopic (exact) mass is 377 g/mol. The van der Waals surface area contributed by atoms with Gasteiger partial charge in [0.1, 0.15) is 12.6 Å². The fourth-order valence-corrected chi connectivity index (χ4v) is 2.52. The van der Waals surface area contributed by atoms with Crippen molar-refractivity contribution in [2.75, 3.05) is 13.7 Å². The molecule has 1 aliphatic rings. The number of carbonyl (C=O) groups excluding carboxylic acids is 1. The number of ether oxygens (including phenoxy) is 2. The van der Waals surface area contributed by atoms with E-state index in [1.165, 1.54) is 0 Å². The van der Waals surface area contributed by atoms with Crippen molar-refractivity contribution in [3.63, 3.8) is 0 Å². The summed E-state index contributed by atoms with van der Waals surface area (Å²) in [5.41, 5.74) is 0.734. The highest BCUT2D eigenvalue weighted by atomic mass is 19.4. The minimum Gasteiger partial charge on any atom is -0.475 e. The van der Waals surface area contributed by atoms with E-state index in [-0.39, 0.29) is 23.5 Å². The fraction of sp³-hybridized carbons (Fsp3) is 0.529. The predicted molar refractivity (Wildman–Crippen MR) is 86.3 cm³/mol. The largest absolute Gasteiger partial charge is 0.490 e. The van der Waals surface area contributed by atoms with Gasteiger partial charge in [0.15, 0.2) is 0 Å². The Hall–Kier alpha value is -2.13. The topological polar surface area (TPSA) is 84.9 Å². The van der Waals surface area contributed by atoms with Crippen molar-refractivity contribution in [3.05, 3.63) is 35.9 Å². The molecule has 1 aromatic carbocycles. The highest BCUT2D eigenvalue weighted by Gasteiger charge is 2.47. The zero-order valence-electron chi connectivity index (χ0n) is 14.7. The zero-order chi connectivity index (χ0) is 20.0. The van der Waals surface area contributed by atoms with Crippen LogP contribution in [-0.2, 0) is 25.7 Å². The molecule has 1 aromatic rings. The SMILES string of the molecule is CO[C@H]1CN[C@H](C(=O)OCc2ccccc2)C1(C)C.O=C(O)C(F)(F)F. The predicted octanol–water partition coefficient (Wildman–Crippen LogP) is 2.38. The molecule has 6 nitrogen and oxygen atoms in total. The maximum atomic E-state index is 12.2. The summed E-state index contributed by atoms with van der Waals surface area (Å²) in [6.45, 7) is 5.03. The summed E-state index contributed by atoms with van der Waals surface area (Å²) in [6.07, 6.45) is -5.05. The van der Waals surface area contributed by atoms with Crippen LogP contribution in [0.1, 0.15) is 19.4 Å². The van der Waals surface area contributed by atoms with E-state index in [1.54, 1.807) is 7.11 Å². The molecule has 0 saturated carbocycles. The highest BCUT2D eigenvalue weighted by Crippen LogP contribution is 2.33. The molecule has 1 aliphatic heterocycles. The number of esters is 1. The number of halogens is 3. The summed E-state index contributed by atoms with van der Waals surface area (Å²) in [6, 6.07) is 9.37. The van der Waals surface area contributed by atoms with Crippen LogP contribution >= 0.6 is 0 Å². The second kappa shape index (κ2) is 9.00. The van der Waals surface area contributed by atoms with E-state index in [2.05, 4.69) is 5.32 Å². The Morgan fingerprint density at radius 1 is 1.27 bits per heavy atom. The smallest absolute Gasteiger partial charge is 0.475 e. The molecule has 0 radical (unpaired) electrons. The van der Waals surface area contributed by atoms with Crippen molar-refractivity contribution in [1.82, 2.24) is 5.32 Å². The average molecular weight is 377 g/mol. The molecule has 26 heavy (non-hydrogen) atoms. The van der Waals surface area contributed by atoms with Gasteiger partial charge >= 0.3 is 18.1 Å². The number of rotatable bonds is 4. The number of carboxylic acid groups (broad SMARTS) is 1. The van der Waals surface area contributed by atoms with Gasteiger partial charge in [-0.1, -0.05) is 44.2 Å². The first-order valence-corrected chi connectivity index (χ1v) is 7.77. The number of aliphatic carboxylic acids is 1. The maximum Gasteiger partial charge on any atom is 0.490 e. The second-order valence-corrected chi connectivity index (χ2v) is 6.28. The summed E-state index contributed by atoms with van der Waals surface area (Å²) < 4.78 is 42.5. The minimum absolute atomic E-state index is 0.0294. The summed E-state index contributed by atoms with van der Waals surface area (Å²) in [5.74, 6) is -2.97. The van der Waals surface area contributed by atoms with Crippen LogP contribution in [0.4, 0.5) is 13.2 Å². The van der Waals surface area contributed by atoms with E-state index < -0.39 is 12.1 Å². The quantitative estimate of drug-likeness (QED) is 0.784. The Balaban J connectivity index is 0.000000412. The van der Waals surface area contributed by atoms with Crippen LogP contribution in [0.25, 0.3) is 0 Å². The van der Waals surface area contributed by atoms with Crippen molar-refractivity contribution in [1.29, 1.82) is 0 Å². The summed E-state index contributed by atoms with van der Waals surface area (Å²) in [4.78, 5) is 21.1. The Labute approximate surface area is 149 Å². The molecular formula is C17H22F3NO5. The number of hydrogen-bond acceptors (Lipinski definition) is 5. The van der Waals surface area contributed by atoms with Crippen molar-refractivity contribution in [3.8, 4) is 0 Å². The van der Waals surface area contributed by atoms with Gasteiger partial charge in [-0.25, -0.2) is 4.79 Å². The second-order valence-electron chi connectivity index (χ2n) is 6.28. The van der Waals surface area contributed by atoms with Gasteiger partial charge in [-0.3, -0.25) is 4.79 Å². The van der Waals surface area contributed by atoms with E-state index in [9.17, 15) is 18.0 Å². The number of methoxy groups -OCH3 is 1. The number of alkyl halides is 3. The summed E-state index contributed by atoms with van der Waals surface area (Å²) in [7, 11) is 1.67. The lowest BCUT2D eigenvalue weighted by atomic mass is 9.82. The van der Waals surface area contributed by atoms with E-state index >= 15 is 0 Å². The molecule has 0 aliphatic carbocycles. The Morgan fingerprint density at radius 2 is 1.81 bits per heavy atom. The molecule has 9 heteroatoms. The van der Waals surface area contributed by atoms with Crippen LogP contribution in [0.15, 0.2) is 30.3 Å². The molecule has 2 atom stereocenters. The number of carbonyl (C=O) groups is 2. The molecule has 2 N–H and O–H groups in total. The van der Waals surface area contributed by atoms with Crippen LogP contribution in [0.5, 0.6) is 0 Å². The molecule has 0 unspecified atom stereocenters. The van der Waals surface area contributed by atoms with Crippen LogP contribution in [0, 0.1) is 5.41 Å². The molecule has 1 fully saturated rings.